The van der Waals surface area contributed by atoms with E-state index >= 15 is 0 Å². The Morgan fingerprint density at radius 2 is 1.94 bits per heavy atom. The molecule has 12 heteroatoms. The summed E-state index contributed by atoms with van der Waals surface area (Å²) in [5, 5.41) is 12.5. The van der Waals surface area contributed by atoms with Crippen molar-refractivity contribution in [3.8, 4) is 0 Å². The van der Waals surface area contributed by atoms with E-state index in [0.29, 0.717) is 22.4 Å². The van der Waals surface area contributed by atoms with Crippen LogP contribution in [0, 0.1) is 5.82 Å². The Balaban J connectivity index is 1.68. The summed E-state index contributed by atoms with van der Waals surface area (Å²) in [6.07, 6.45) is 2.73. The maximum absolute atomic E-state index is 13.6. The van der Waals surface area contributed by atoms with Crippen LogP contribution in [0.5, 0.6) is 0 Å². The maximum atomic E-state index is 13.6. The molecule has 1 amide bonds. The van der Waals surface area contributed by atoms with Gasteiger partial charge in [0.05, 0.1) is 17.0 Å². The molecular weight excluding hydrogens is 527 g/mol. The van der Waals surface area contributed by atoms with Crippen molar-refractivity contribution in [2.24, 2.45) is 4.40 Å². The van der Waals surface area contributed by atoms with Gasteiger partial charge < -0.3 is 10.0 Å². The van der Waals surface area contributed by atoms with Crippen molar-refractivity contribution in [1.29, 1.82) is 0 Å². The van der Waals surface area contributed by atoms with Crippen LogP contribution in [0.2, 0.25) is 0 Å². The number of aliphatic hydroxyl groups is 1. The Kier molecular flexibility index (Phi) is 7.40. The molecule has 0 bridgehead atoms. The van der Waals surface area contributed by atoms with Gasteiger partial charge in [-0.15, -0.1) is 11.3 Å². The van der Waals surface area contributed by atoms with Crippen LogP contribution in [-0.2, 0) is 44.0 Å². The smallest absolute Gasteiger partial charge is 0.283 e. The number of carbonyl (C=O) groups excluding carboxylic acids is 1. The summed E-state index contributed by atoms with van der Waals surface area (Å²) in [5.74, 6) is -1.30. The number of halogens is 1. The van der Waals surface area contributed by atoms with Crippen molar-refractivity contribution in [3.05, 3.63) is 62.8 Å². The van der Waals surface area contributed by atoms with E-state index in [-0.39, 0.29) is 59.5 Å². The minimum Gasteiger partial charge on any atom is -0.511 e. The second-order valence-corrected chi connectivity index (χ2v) is 13.9. The molecule has 0 spiro atoms. The fourth-order valence-corrected chi connectivity index (χ4v) is 8.07. The molecule has 1 unspecified atom stereocenters. The van der Waals surface area contributed by atoms with E-state index in [9.17, 15) is 31.1 Å². The van der Waals surface area contributed by atoms with Gasteiger partial charge in [-0.05, 0) is 41.5 Å². The summed E-state index contributed by atoms with van der Waals surface area (Å²) in [6, 6.07) is 5.50. The van der Waals surface area contributed by atoms with E-state index < -0.39 is 31.6 Å². The molecule has 2 aliphatic rings. The molecule has 1 aromatic carbocycles. The lowest BCUT2D eigenvalue weighted by molar-refractivity contribution is -0.131. The van der Waals surface area contributed by atoms with Crippen LogP contribution in [0.3, 0.4) is 0 Å². The van der Waals surface area contributed by atoms with E-state index in [4.69, 9.17) is 0 Å². The third kappa shape index (κ3) is 5.55. The highest BCUT2D eigenvalue weighted by Crippen LogP contribution is 2.37. The number of fused-ring (bicyclic) bond motifs is 1. The van der Waals surface area contributed by atoms with Gasteiger partial charge in [-0.1, -0.05) is 25.5 Å². The van der Waals surface area contributed by atoms with Gasteiger partial charge in [-0.25, -0.2) is 12.8 Å². The van der Waals surface area contributed by atoms with Crippen LogP contribution >= 0.6 is 11.3 Å². The largest absolute Gasteiger partial charge is 0.511 e. The maximum Gasteiger partial charge on any atom is 0.283 e. The molecule has 2 aliphatic heterocycles. The monoisotopic (exact) mass is 554 g/mol. The molecule has 36 heavy (non-hydrogen) atoms. The van der Waals surface area contributed by atoms with Crippen LogP contribution in [-0.4, -0.2) is 56.5 Å². The van der Waals surface area contributed by atoms with Crippen LogP contribution in [0.15, 0.2) is 50.3 Å². The van der Waals surface area contributed by atoms with Gasteiger partial charge in [-0.3, -0.25) is 4.79 Å². The summed E-state index contributed by atoms with van der Waals surface area (Å²) >= 11 is 1.17. The number of sulfone groups is 1. The Morgan fingerprint density at radius 1 is 1.25 bits per heavy atom. The quantitative estimate of drug-likeness (QED) is 0.533. The lowest BCUT2D eigenvalue weighted by Crippen LogP contribution is -2.46. The molecule has 2 aromatic rings. The Morgan fingerprint density at radius 3 is 2.58 bits per heavy atom. The lowest BCUT2D eigenvalue weighted by Gasteiger charge is -2.37. The molecule has 194 valence electrons. The third-order valence-electron chi connectivity index (χ3n) is 6.26. The molecule has 0 saturated heterocycles. The number of nitrogens with zero attached hydrogens (tertiary/aromatic N) is 2. The molecule has 0 saturated carbocycles. The van der Waals surface area contributed by atoms with E-state index in [1.165, 1.54) is 23.5 Å². The van der Waals surface area contributed by atoms with E-state index in [1.807, 2.05) is 6.92 Å². The number of carbonyl (C=O) groups is 1. The highest BCUT2D eigenvalue weighted by molar-refractivity contribution is 7.91. The van der Waals surface area contributed by atoms with E-state index in [2.05, 4.69) is 4.40 Å². The number of benzene rings is 1. The zero-order chi connectivity index (χ0) is 26.3. The topological polar surface area (TPSA) is 121 Å². The van der Waals surface area contributed by atoms with Crippen LogP contribution < -0.4 is 0 Å². The van der Waals surface area contributed by atoms with Crippen molar-refractivity contribution in [2.45, 2.75) is 56.5 Å². The molecule has 8 nitrogen and oxygen atoms in total. The first kappa shape index (κ1) is 26.5. The van der Waals surface area contributed by atoms with Gasteiger partial charge in [0.25, 0.3) is 15.9 Å². The summed E-state index contributed by atoms with van der Waals surface area (Å²) in [6.45, 7) is 2.15. The van der Waals surface area contributed by atoms with Crippen molar-refractivity contribution in [3.63, 3.8) is 0 Å². The second-order valence-electron chi connectivity index (χ2n) is 9.11. The van der Waals surface area contributed by atoms with Crippen molar-refractivity contribution in [1.82, 2.24) is 4.90 Å². The molecule has 1 N–H and O–H groups in total. The van der Waals surface area contributed by atoms with E-state index in [1.54, 1.807) is 22.4 Å². The second kappa shape index (κ2) is 10.1. The first-order chi connectivity index (χ1) is 16.9. The molecule has 1 atom stereocenters. The highest BCUT2D eigenvalue weighted by Gasteiger charge is 2.40. The molecule has 3 heterocycles. The number of hydrogen-bond acceptors (Lipinski definition) is 7. The molecule has 0 aliphatic carbocycles. The van der Waals surface area contributed by atoms with Crippen molar-refractivity contribution >= 4 is 42.8 Å². The van der Waals surface area contributed by atoms with Gasteiger partial charge in [0.2, 0.25) is 0 Å². The highest BCUT2D eigenvalue weighted by atomic mass is 32.2. The lowest BCUT2D eigenvalue weighted by atomic mass is 9.92. The predicted molar refractivity (Wildman–Crippen MR) is 136 cm³/mol. The average molecular weight is 555 g/mol. The fourth-order valence-electron chi connectivity index (χ4n) is 4.57. The zero-order valence-corrected chi connectivity index (χ0v) is 22.3. The van der Waals surface area contributed by atoms with Crippen LogP contribution in [0.4, 0.5) is 4.39 Å². The normalized spacial score (nSPS) is 19.9. The third-order valence-corrected chi connectivity index (χ3v) is 9.85. The summed E-state index contributed by atoms with van der Waals surface area (Å²) in [5.41, 5.74) is 0.948. The van der Waals surface area contributed by atoms with Gasteiger partial charge >= 0.3 is 0 Å². The van der Waals surface area contributed by atoms with E-state index in [0.717, 1.165) is 12.7 Å². The number of aliphatic hydroxyl groups excluding tert-OH is 1. The van der Waals surface area contributed by atoms with Gasteiger partial charge in [0.1, 0.15) is 26.3 Å². The number of rotatable bonds is 8. The minimum atomic E-state index is -4.20. The zero-order valence-electron chi connectivity index (χ0n) is 19.9. The molecule has 1 aromatic heterocycles. The molecule has 4 rings (SSSR count). The van der Waals surface area contributed by atoms with Crippen molar-refractivity contribution in [2.75, 3.05) is 12.0 Å². The van der Waals surface area contributed by atoms with Crippen LogP contribution in [0.25, 0.3) is 0 Å². The summed E-state index contributed by atoms with van der Waals surface area (Å²) in [7, 11) is -7.49. The fraction of sp³-hybridized carbons (Fsp3) is 0.417. The summed E-state index contributed by atoms with van der Waals surface area (Å²) in [4.78, 5) is 15.7. The van der Waals surface area contributed by atoms with Crippen molar-refractivity contribution < 1.29 is 31.1 Å². The predicted octanol–water partition coefficient (Wildman–Crippen LogP) is 3.57. The average Bonchev–Trinajstić information content (AvgIpc) is 3.20. The Labute approximate surface area is 214 Å². The molecular formula is C24H27FN2O6S3. The number of sulfonamides is 1. The Hall–Kier alpha value is -2.57. The number of hydrogen-bond donors (Lipinski definition) is 1. The summed E-state index contributed by atoms with van der Waals surface area (Å²) < 4.78 is 66.7. The van der Waals surface area contributed by atoms with Gasteiger partial charge in [-0.2, -0.15) is 12.8 Å². The van der Waals surface area contributed by atoms with Crippen LogP contribution in [0.1, 0.15) is 42.2 Å². The Bertz CT molecular complexity index is 1460. The number of amides is 1. The van der Waals surface area contributed by atoms with Gasteiger partial charge in [0, 0.05) is 36.6 Å². The molecule has 0 radical (unpaired) electrons. The van der Waals surface area contributed by atoms with Gasteiger partial charge in [0.15, 0.2) is 0 Å². The molecule has 0 fully saturated rings. The standard InChI is InChI=1S/C24H27FN2O6S3/c1-3-4-18-11-20(28)22(24(29)27(18)13-15-5-7-17(25)8-6-15)19-12-21-23(36(32,33)26-19)16(14-34-21)9-10-35(2,30)31/h5-8,14,18,28H,3-4,9-13H2,1-2H3. The minimum absolute atomic E-state index is 0.00437. The first-order valence-electron chi connectivity index (χ1n) is 11.5. The number of aryl methyl sites for hydroxylation is 1. The number of thiophene rings is 1. The first-order valence-corrected chi connectivity index (χ1v) is 15.9. The SMILES string of the molecule is CCCC1CC(O)=C(C2=NS(=O)(=O)c3c(CCS(C)(=O)=O)csc3C2)C(=O)N1Cc1ccc(F)cc1.